The van der Waals surface area contributed by atoms with Crippen LogP contribution in [0.2, 0.25) is 0 Å². The lowest BCUT2D eigenvalue weighted by Gasteiger charge is -2.37. The number of esters is 3. The van der Waals surface area contributed by atoms with Gasteiger partial charge in [-0.15, -0.1) is 0 Å². The Hall–Kier alpha value is -2.99. The highest BCUT2D eigenvalue weighted by Gasteiger charge is 2.51. The zero-order chi connectivity index (χ0) is 22.9. The molecule has 4 atom stereocenters. The normalized spacial score (nSPS) is 26.2. The molecule has 2 aliphatic rings. The van der Waals surface area contributed by atoms with Gasteiger partial charge in [-0.25, -0.2) is 4.79 Å². The minimum absolute atomic E-state index is 0.0304. The number of H-pyrrole nitrogens is 1. The summed E-state index contributed by atoms with van der Waals surface area (Å²) in [7, 11) is 1.90. The van der Waals surface area contributed by atoms with E-state index < -0.39 is 53.6 Å². The van der Waals surface area contributed by atoms with E-state index in [9.17, 15) is 24.0 Å². The van der Waals surface area contributed by atoms with E-state index in [0.29, 0.717) is 13.1 Å². The average Bonchev–Trinajstić information content (AvgIpc) is 2.94. The summed E-state index contributed by atoms with van der Waals surface area (Å²) in [6.07, 6.45) is -3.07. The molecule has 12 nitrogen and oxygen atoms in total. The topological polar surface area (TPSA) is 146 Å². The highest BCUT2D eigenvalue weighted by Crippen LogP contribution is 2.36. The van der Waals surface area contributed by atoms with Gasteiger partial charge in [-0.2, -0.15) is 0 Å². The number of nitrogens with one attached hydrogen (secondary N) is 1. The summed E-state index contributed by atoms with van der Waals surface area (Å²) < 4.78 is 22.9. The van der Waals surface area contributed by atoms with Gasteiger partial charge in [0.25, 0.3) is 5.56 Å². The Morgan fingerprint density at radius 2 is 1.68 bits per heavy atom. The largest absolute Gasteiger partial charge is 0.463 e. The van der Waals surface area contributed by atoms with Crippen molar-refractivity contribution in [2.45, 2.75) is 51.2 Å². The van der Waals surface area contributed by atoms with Crippen molar-refractivity contribution >= 4 is 17.9 Å². The van der Waals surface area contributed by atoms with Gasteiger partial charge in [0.2, 0.25) is 0 Å². The van der Waals surface area contributed by atoms with E-state index in [1.54, 1.807) is 0 Å². The van der Waals surface area contributed by atoms with Crippen LogP contribution >= 0.6 is 0 Å². The van der Waals surface area contributed by atoms with Crippen LogP contribution in [-0.2, 0) is 33.3 Å². The first-order valence-electron chi connectivity index (χ1n) is 9.74. The lowest BCUT2D eigenvalue weighted by atomic mass is 10.0. The van der Waals surface area contributed by atoms with Crippen molar-refractivity contribution in [3.63, 3.8) is 0 Å². The van der Waals surface area contributed by atoms with Crippen molar-refractivity contribution in [2.75, 3.05) is 26.7 Å². The Morgan fingerprint density at radius 1 is 1.06 bits per heavy atom. The molecule has 170 valence electrons. The molecular formula is C19H25N3O9. The summed E-state index contributed by atoms with van der Waals surface area (Å²) in [4.78, 5) is 63.8. The molecule has 0 bridgehead atoms. The maximum atomic E-state index is 12.6. The van der Waals surface area contributed by atoms with Crippen LogP contribution in [0.4, 0.5) is 0 Å². The average molecular weight is 439 g/mol. The van der Waals surface area contributed by atoms with Gasteiger partial charge in [0.05, 0.1) is 11.6 Å². The van der Waals surface area contributed by atoms with E-state index >= 15 is 0 Å². The van der Waals surface area contributed by atoms with Gasteiger partial charge in [0, 0.05) is 40.1 Å². The second-order valence-electron chi connectivity index (χ2n) is 7.67. The molecule has 0 aromatic carbocycles. The van der Waals surface area contributed by atoms with Crippen LogP contribution in [0.1, 0.15) is 38.5 Å². The molecule has 0 aliphatic carbocycles. The fraction of sp³-hybridized carbons (Fsp3) is 0.632. The number of hydrogen-bond acceptors (Lipinski definition) is 10. The molecule has 1 aromatic heterocycles. The Morgan fingerprint density at radius 3 is 2.23 bits per heavy atom. The molecule has 31 heavy (non-hydrogen) atoms. The molecule has 0 saturated carbocycles. The molecule has 3 heterocycles. The lowest BCUT2D eigenvalue weighted by molar-refractivity contribution is -0.165. The van der Waals surface area contributed by atoms with Crippen LogP contribution in [0.5, 0.6) is 0 Å². The smallest absolute Gasteiger partial charge is 0.328 e. The predicted octanol–water partition coefficient (Wildman–Crippen LogP) is -1.11. The minimum Gasteiger partial charge on any atom is -0.463 e. The molecule has 3 rings (SSSR count). The fourth-order valence-electron chi connectivity index (χ4n) is 3.78. The van der Waals surface area contributed by atoms with Crippen LogP contribution in [0.3, 0.4) is 0 Å². The maximum absolute atomic E-state index is 12.6. The summed E-state index contributed by atoms with van der Waals surface area (Å²) in [6, 6.07) is -0.136. The Kier molecular flexibility index (Phi) is 6.60. The maximum Gasteiger partial charge on any atom is 0.328 e. The number of aromatic amines is 1. The van der Waals surface area contributed by atoms with E-state index in [1.807, 2.05) is 11.9 Å². The summed E-state index contributed by atoms with van der Waals surface area (Å²) in [5.74, 6) is -1.94. The standard InChI is InChI=1S/C19H25N3O9/c1-9(23)28-8-14-16(29-10(2)24)17(30-11(3)25)15(31-14)13-7-22(12-5-21(4)6-12)19(27)20-18(13)26/h7,12,14-17H,5-6,8H2,1-4H3,(H,20,26,27)/t14-,15+,16?,17?/m1/s1. The molecular weight excluding hydrogens is 414 g/mol. The van der Waals surface area contributed by atoms with Gasteiger partial charge >= 0.3 is 23.6 Å². The van der Waals surface area contributed by atoms with E-state index in [4.69, 9.17) is 18.9 Å². The molecule has 0 spiro atoms. The summed E-state index contributed by atoms with van der Waals surface area (Å²) in [5.41, 5.74) is -1.25. The van der Waals surface area contributed by atoms with E-state index in [0.717, 1.165) is 6.92 Å². The molecule has 12 heteroatoms. The number of aromatic nitrogens is 2. The number of hydrogen-bond donors (Lipinski definition) is 1. The van der Waals surface area contributed by atoms with Crippen molar-refractivity contribution in [2.24, 2.45) is 0 Å². The number of carbonyl (C=O) groups is 3. The van der Waals surface area contributed by atoms with Crippen molar-refractivity contribution < 1.29 is 33.3 Å². The number of rotatable bonds is 6. The minimum atomic E-state index is -1.18. The Bertz CT molecular complexity index is 979. The highest BCUT2D eigenvalue weighted by atomic mass is 16.6. The van der Waals surface area contributed by atoms with E-state index in [2.05, 4.69) is 4.98 Å². The molecule has 2 unspecified atom stereocenters. The quantitative estimate of drug-likeness (QED) is 0.427. The lowest BCUT2D eigenvalue weighted by Crippen LogP contribution is -2.49. The third kappa shape index (κ3) is 5.02. The van der Waals surface area contributed by atoms with Crippen molar-refractivity contribution in [3.8, 4) is 0 Å². The monoisotopic (exact) mass is 439 g/mol. The molecule has 1 aromatic rings. The second kappa shape index (κ2) is 9.02. The molecule has 1 N–H and O–H groups in total. The van der Waals surface area contributed by atoms with Crippen molar-refractivity contribution in [3.05, 3.63) is 32.6 Å². The number of nitrogens with zero attached hydrogens (tertiary/aromatic N) is 2. The molecule has 2 saturated heterocycles. The third-order valence-electron chi connectivity index (χ3n) is 5.11. The van der Waals surface area contributed by atoms with Crippen LogP contribution in [0.15, 0.2) is 15.8 Å². The zero-order valence-corrected chi connectivity index (χ0v) is 17.7. The van der Waals surface area contributed by atoms with Crippen LogP contribution < -0.4 is 11.2 Å². The summed E-state index contributed by atoms with van der Waals surface area (Å²) in [6.45, 7) is 4.49. The molecule has 2 aliphatic heterocycles. The highest BCUT2D eigenvalue weighted by molar-refractivity contribution is 5.68. The molecule has 2 fully saturated rings. The van der Waals surface area contributed by atoms with Gasteiger partial charge in [-0.05, 0) is 7.05 Å². The van der Waals surface area contributed by atoms with Gasteiger partial charge in [-0.1, -0.05) is 0 Å². The van der Waals surface area contributed by atoms with E-state index in [-0.39, 0.29) is 18.2 Å². The SMILES string of the molecule is CC(=O)OC[C@H]1O[C@@H](c2cn(C3CN(C)C3)c(=O)[nH]c2=O)C(OC(C)=O)C1OC(C)=O. The third-order valence-corrected chi connectivity index (χ3v) is 5.11. The predicted molar refractivity (Wildman–Crippen MR) is 103 cm³/mol. The van der Waals surface area contributed by atoms with Crippen LogP contribution in [-0.4, -0.2) is 77.4 Å². The van der Waals surface area contributed by atoms with Gasteiger partial charge in [0.1, 0.15) is 18.8 Å². The first-order chi connectivity index (χ1) is 14.6. The Balaban J connectivity index is 2.00. The Labute approximate surface area is 177 Å². The molecule has 0 radical (unpaired) electrons. The fourth-order valence-corrected chi connectivity index (χ4v) is 3.78. The summed E-state index contributed by atoms with van der Waals surface area (Å²) in [5, 5.41) is 0. The number of likely N-dealkylation sites (N-methyl/N-ethyl adjacent to an activating group) is 1. The first kappa shape index (κ1) is 22.7. The van der Waals surface area contributed by atoms with Crippen molar-refractivity contribution in [1.29, 1.82) is 0 Å². The van der Waals surface area contributed by atoms with Crippen LogP contribution in [0.25, 0.3) is 0 Å². The van der Waals surface area contributed by atoms with Gasteiger partial charge in [-0.3, -0.25) is 28.7 Å². The number of likely N-dealkylation sites (tertiary alicyclic amines) is 1. The molecule has 0 amide bonds. The second-order valence-corrected chi connectivity index (χ2v) is 7.67. The van der Waals surface area contributed by atoms with Gasteiger partial charge in [0.15, 0.2) is 12.2 Å². The number of carbonyl (C=O) groups excluding carboxylic acids is 3. The van der Waals surface area contributed by atoms with E-state index in [1.165, 1.54) is 24.6 Å². The van der Waals surface area contributed by atoms with Crippen LogP contribution in [0, 0.1) is 0 Å². The first-order valence-corrected chi connectivity index (χ1v) is 9.74. The van der Waals surface area contributed by atoms with Gasteiger partial charge < -0.3 is 23.8 Å². The number of ether oxygens (including phenoxy) is 4. The summed E-state index contributed by atoms with van der Waals surface area (Å²) >= 11 is 0. The zero-order valence-electron chi connectivity index (χ0n) is 17.7. The van der Waals surface area contributed by atoms with Crippen molar-refractivity contribution in [1.82, 2.24) is 14.5 Å².